The monoisotopic (exact) mass is 540 g/mol. The Morgan fingerprint density at radius 2 is 2.03 bits per heavy atom. The highest BCUT2D eigenvalue weighted by Crippen LogP contribution is 2.17. The quantitative estimate of drug-likeness (QED) is 0.314. The number of piperazine rings is 1. The molecule has 29 heavy (non-hydrogen) atoms. The summed E-state index contributed by atoms with van der Waals surface area (Å²) in [4.78, 5) is 9.48. The van der Waals surface area contributed by atoms with Crippen molar-refractivity contribution in [1.82, 2.24) is 24.6 Å². The molecule has 2 fully saturated rings. The van der Waals surface area contributed by atoms with Crippen molar-refractivity contribution in [3.05, 3.63) is 18.0 Å². The molecule has 1 unspecified atom stereocenters. The Bertz CT molecular complexity index is 735. The Hall–Kier alpha value is -0.920. The SMILES string of the molecule is CCNC(=NCC1CCN(CC)C1)N1CCN(S(=O)(=O)Cc2ccon2)CC1.I. The van der Waals surface area contributed by atoms with Gasteiger partial charge in [0.1, 0.15) is 12.0 Å². The number of rotatable bonds is 7. The van der Waals surface area contributed by atoms with Crippen LogP contribution >= 0.6 is 24.0 Å². The summed E-state index contributed by atoms with van der Waals surface area (Å²) in [5.41, 5.74) is 0.440. The molecule has 0 saturated carbocycles. The zero-order valence-corrected chi connectivity index (χ0v) is 20.4. The van der Waals surface area contributed by atoms with Crippen LogP contribution in [0.1, 0.15) is 26.0 Å². The van der Waals surface area contributed by atoms with Crippen LogP contribution in [0.25, 0.3) is 0 Å². The van der Waals surface area contributed by atoms with Gasteiger partial charge in [-0.15, -0.1) is 24.0 Å². The van der Waals surface area contributed by atoms with Crippen LogP contribution < -0.4 is 5.32 Å². The Morgan fingerprint density at radius 3 is 2.62 bits per heavy atom. The van der Waals surface area contributed by atoms with Crippen molar-refractivity contribution in [2.24, 2.45) is 10.9 Å². The van der Waals surface area contributed by atoms with Gasteiger partial charge in [-0.3, -0.25) is 4.99 Å². The molecule has 9 nitrogen and oxygen atoms in total. The first-order chi connectivity index (χ1) is 13.5. The number of sulfonamides is 1. The molecule has 1 aromatic heterocycles. The van der Waals surface area contributed by atoms with Crippen LogP contribution in [-0.4, -0.2) is 92.5 Å². The number of halogens is 1. The summed E-state index contributed by atoms with van der Waals surface area (Å²) in [7, 11) is -3.38. The van der Waals surface area contributed by atoms with Crippen molar-refractivity contribution in [2.75, 3.05) is 58.9 Å². The van der Waals surface area contributed by atoms with Crippen molar-refractivity contribution in [1.29, 1.82) is 0 Å². The van der Waals surface area contributed by atoms with Gasteiger partial charge in [0.25, 0.3) is 0 Å². The zero-order chi connectivity index (χ0) is 20.0. The number of hydrogen-bond donors (Lipinski definition) is 1. The van der Waals surface area contributed by atoms with Crippen LogP contribution in [0.5, 0.6) is 0 Å². The van der Waals surface area contributed by atoms with Gasteiger partial charge in [0.15, 0.2) is 5.96 Å². The second kappa shape index (κ2) is 11.5. The van der Waals surface area contributed by atoms with Gasteiger partial charge in [0.2, 0.25) is 10.0 Å². The minimum Gasteiger partial charge on any atom is -0.364 e. The van der Waals surface area contributed by atoms with E-state index in [0.29, 0.717) is 37.8 Å². The van der Waals surface area contributed by atoms with E-state index in [1.54, 1.807) is 6.07 Å². The molecule has 1 N–H and O–H groups in total. The predicted octanol–water partition coefficient (Wildman–Crippen LogP) is 1.05. The maximum absolute atomic E-state index is 12.6. The van der Waals surface area contributed by atoms with Gasteiger partial charge in [0.05, 0.1) is 5.69 Å². The average Bonchev–Trinajstić information content (AvgIpc) is 3.36. The van der Waals surface area contributed by atoms with E-state index in [2.05, 4.69) is 34.1 Å². The molecule has 166 valence electrons. The number of aliphatic imine (C=N–C) groups is 1. The van der Waals surface area contributed by atoms with Gasteiger partial charge in [-0.25, -0.2) is 8.42 Å². The van der Waals surface area contributed by atoms with Gasteiger partial charge < -0.3 is 19.6 Å². The van der Waals surface area contributed by atoms with E-state index in [1.807, 2.05) is 0 Å². The van der Waals surface area contributed by atoms with E-state index < -0.39 is 10.0 Å². The van der Waals surface area contributed by atoms with Crippen LogP contribution in [0.3, 0.4) is 0 Å². The Labute approximate surface area is 190 Å². The fourth-order valence-electron chi connectivity index (χ4n) is 3.76. The maximum Gasteiger partial charge on any atom is 0.220 e. The van der Waals surface area contributed by atoms with E-state index in [-0.39, 0.29) is 29.7 Å². The van der Waals surface area contributed by atoms with Gasteiger partial charge in [-0.2, -0.15) is 4.31 Å². The number of guanidine groups is 1. The summed E-state index contributed by atoms with van der Waals surface area (Å²) in [6.07, 6.45) is 2.59. The Balaban J connectivity index is 0.00000300. The summed E-state index contributed by atoms with van der Waals surface area (Å²) in [6.45, 7) is 11.4. The van der Waals surface area contributed by atoms with E-state index in [9.17, 15) is 8.42 Å². The van der Waals surface area contributed by atoms with Gasteiger partial charge >= 0.3 is 0 Å². The minimum atomic E-state index is -3.38. The molecule has 0 bridgehead atoms. The summed E-state index contributed by atoms with van der Waals surface area (Å²) in [5.74, 6) is 1.39. The molecule has 2 saturated heterocycles. The fourth-order valence-corrected chi connectivity index (χ4v) is 5.18. The highest BCUT2D eigenvalue weighted by atomic mass is 127. The average molecular weight is 540 g/mol. The molecule has 0 spiro atoms. The van der Waals surface area contributed by atoms with Crippen LogP contribution in [-0.2, 0) is 15.8 Å². The van der Waals surface area contributed by atoms with Crippen molar-refractivity contribution in [3.8, 4) is 0 Å². The lowest BCUT2D eigenvalue weighted by molar-refractivity contribution is 0.259. The number of aromatic nitrogens is 1. The first kappa shape index (κ1) is 24.4. The van der Waals surface area contributed by atoms with Crippen molar-refractivity contribution < 1.29 is 12.9 Å². The molecule has 0 radical (unpaired) electrons. The first-order valence-corrected chi connectivity index (χ1v) is 11.8. The minimum absolute atomic E-state index is 0. The summed E-state index contributed by atoms with van der Waals surface area (Å²) >= 11 is 0. The van der Waals surface area contributed by atoms with E-state index >= 15 is 0 Å². The third-order valence-corrected chi connectivity index (χ3v) is 7.22. The molecule has 0 aliphatic carbocycles. The third kappa shape index (κ3) is 6.79. The molecule has 2 aliphatic rings. The largest absolute Gasteiger partial charge is 0.364 e. The lowest BCUT2D eigenvalue weighted by atomic mass is 10.1. The number of nitrogens with one attached hydrogen (secondary N) is 1. The van der Waals surface area contributed by atoms with E-state index in [0.717, 1.165) is 38.7 Å². The normalized spacial score (nSPS) is 21.9. The highest BCUT2D eigenvalue weighted by molar-refractivity contribution is 14.0. The first-order valence-electron chi connectivity index (χ1n) is 10.1. The summed E-state index contributed by atoms with van der Waals surface area (Å²) in [5, 5.41) is 7.08. The molecular formula is C18H33IN6O3S. The maximum atomic E-state index is 12.6. The molecular weight excluding hydrogens is 507 g/mol. The standard InChI is InChI=1S/C18H32N6O3S.HI/c1-3-19-18(20-13-16-5-7-22(4-2)14-16)23-8-10-24(11-9-23)28(25,26)15-17-6-12-27-21-17;/h6,12,16H,3-5,7-11,13-15H2,1-2H3,(H,19,20);1H. The lowest BCUT2D eigenvalue weighted by Gasteiger charge is -2.35. The number of likely N-dealkylation sites (tertiary alicyclic amines) is 1. The predicted molar refractivity (Wildman–Crippen MR) is 124 cm³/mol. The second-order valence-corrected chi connectivity index (χ2v) is 9.34. The summed E-state index contributed by atoms with van der Waals surface area (Å²) in [6, 6.07) is 1.59. The molecule has 11 heteroatoms. The van der Waals surface area contributed by atoms with Gasteiger partial charge in [-0.1, -0.05) is 12.1 Å². The molecule has 3 rings (SSSR count). The number of hydrogen-bond acceptors (Lipinski definition) is 6. The molecule has 0 aromatic carbocycles. The third-order valence-electron chi connectivity index (χ3n) is 5.40. The highest BCUT2D eigenvalue weighted by Gasteiger charge is 2.29. The molecule has 2 aliphatic heterocycles. The van der Waals surface area contributed by atoms with Crippen molar-refractivity contribution in [3.63, 3.8) is 0 Å². The topological polar surface area (TPSA) is 94.3 Å². The zero-order valence-electron chi connectivity index (χ0n) is 17.3. The van der Waals surface area contributed by atoms with Crippen molar-refractivity contribution >= 4 is 40.0 Å². The van der Waals surface area contributed by atoms with Crippen LogP contribution in [0, 0.1) is 5.92 Å². The fraction of sp³-hybridized carbons (Fsp3) is 0.778. The number of nitrogens with zero attached hydrogens (tertiary/aromatic N) is 5. The molecule has 1 aromatic rings. The van der Waals surface area contributed by atoms with Crippen LogP contribution in [0.15, 0.2) is 21.8 Å². The molecule has 0 amide bonds. The Morgan fingerprint density at radius 1 is 1.28 bits per heavy atom. The van der Waals surface area contributed by atoms with Gasteiger partial charge in [-0.05, 0) is 32.4 Å². The molecule has 3 heterocycles. The van der Waals surface area contributed by atoms with Crippen molar-refractivity contribution in [2.45, 2.75) is 26.0 Å². The van der Waals surface area contributed by atoms with Crippen LogP contribution in [0.4, 0.5) is 0 Å². The van der Waals surface area contributed by atoms with E-state index in [4.69, 9.17) is 9.52 Å². The second-order valence-electron chi connectivity index (χ2n) is 7.38. The smallest absolute Gasteiger partial charge is 0.220 e. The van der Waals surface area contributed by atoms with Gasteiger partial charge in [0, 0.05) is 51.9 Å². The lowest BCUT2D eigenvalue weighted by Crippen LogP contribution is -2.54. The molecule has 1 atom stereocenters. The van der Waals surface area contributed by atoms with E-state index in [1.165, 1.54) is 17.0 Å². The van der Waals surface area contributed by atoms with Crippen LogP contribution in [0.2, 0.25) is 0 Å². The Kier molecular flexibility index (Phi) is 9.63. The summed E-state index contributed by atoms with van der Waals surface area (Å²) < 4.78 is 31.5.